The van der Waals surface area contributed by atoms with Crippen molar-refractivity contribution in [3.05, 3.63) is 66.5 Å². The first kappa shape index (κ1) is 33.0. The van der Waals surface area contributed by atoms with Crippen molar-refractivity contribution in [3.63, 3.8) is 0 Å². The number of benzene rings is 2. The van der Waals surface area contributed by atoms with Crippen molar-refractivity contribution >= 4 is 34.4 Å². The third-order valence-corrected chi connectivity index (χ3v) is 8.60. The summed E-state index contributed by atoms with van der Waals surface area (Å²) in [5, 5.41) is 7.47. The molecular weight excluding hydrogens is 618 g/mol. The Morgan fingerprint density at radius 1 is 0.979 bits per heavy atom. The van der Waals surface area contributed by atoms with Gasteiger partial charge in [0.2, 0.25) is 17.7 Å². The molecule has 252 valence electrons. The summed E-state index contributed by atoms with van der Waals surface area (Å²) in [6, 6.07) is 14.4. The molecule has 4 aromatic rings. The van der Waals surface area contributed by atoms with E-state index in [1.165, 1.54) is 0 Å². The number of halogens is 2. The first-order valence-corrected chi connectivity index (χ1v) is 16.3. The predicted octanol–water partition coefficient (Wildman–Crippen LogP) is 7.98. The number of alkyl halides is 2. The molecule has 1 saturated heterocycles. The Kier molecular flexibility index (Phi) is 9.18. The number of aromatic nitrogens is 3. The van der Waals surface area contributed by atoms with E-state index >= 15 is 0 Å². The van der Waals surface area contributed by atoms with Crippen LogP contribution in [0.1, 0.15) is 58.4 Å². The highest BCUT2D eigenvalue weighted by Crippen LogP contribution is 2.42. The lowest BCUT2D eigenvalue weighted by Gasteiger charge is -2.34. The molecule has 6 rings (SSSR count). The lowest BCUT2D eigenvalue weighted by molar-refractivity contribution is -0.130. The Labute approximate surface area is 278 Å². The van der Waals surface area contributed by atoms with Gasteiger partial charge >= 0.3 is 6.09 Å². The smallest absolute Gasteiger partial charge is 0.410 e. The SMILES string of the molecule is Cc1ccc2c(NC(=O)C3CCCC3(F)F)cccc2c1Oc1ncccc1-c1ccnc(N[C@H]2CCCN(C(=O)OC(C)(C)C)C2)n1. The van der Waals surface area contributed by atoms with Crippen LogP contribution in [0.2, 0.25) is 0 Å². The average Bonchev–Trinajstić information content (AvgIpc) is 3.41. The Balaban J connectivity index is 1.23. The van der Waals surface area contributed by atoms with E-state index in [4.69, 9.17) is 14.5 Å². The molecule has 2 aromatic heterocycles. The average molecular weight is 659 g/mol. The standard InChI is InChI=1S/C36H40F2N6O4/c1-22-14-15-24-25(10-5-13-28(24)42-31(45)27-12-6-17-36(27,37)38)30(22)47-32-26(11-7-18-39-32)29-16-19-40-33(43-29)41-23-9-8-20-44(21-23)34(46)48-35(2,3)4/h5,7,10-11,13-16,18-19,23,27H,6,8-9,12,17,20-21H2,1-4H3,(H,42,45)(H,40,41,43)/t23-,27?/m0/s1. The highest BCUT2D eigenvalue weighted by molar-refractivity contribution is 6.05. The molecule has 3 heterocycles. The van der Waals surface area contributed by atoms with Gasteiger partial charge in [-0.05, 0) is 83.2 Å². The highest BCUT2D eigenvalue weighted by Gasteiger charge is 2.48. The van der Waals surface area contributed by atoms with Gasteiger partial charge in [0.05, 0.1) is 11.3 Å². The van der Waals surface area contributed by atoms with Crippen molar-refractivity contribution in [3.8, 4) is 22.9 Å². The molecule has 10 nitrogen and oxygen atoms in total. The van der Waals surface area contributed by atoms with Crippen molar-refractivity contribution in [2.45, 2.75) is 77.4 Å². The van der Waals surface area contributed by atoms with Gasteiger partial charge in [-0.15, -0.1) is 0 Å². The minimum atomic E-state index is -3.01. The van der Waals surface area contributed by atoms with Crippen LogP contribution >= 0.6 is 0 Å². The fourth-order valence-electron chi connectivity index (χ4n) is 6.27. The summed E-state index contributed by atoms with van der Waals surface area (Å²) in [5.41, 5.74) is 1.90. The van der Waals surface area contributed by atoms with Crippen LogP contribution in [0.3, 0.4) is 0 Å². The molecule has 12 heteroatoms. The number of amides is 2. The lowest BCUT2D eigenvalue weighted by atomic mass is 10.0. The molecule has 48 heavy (non-hydrogen) atoms. The zero-order chi connectivity index (χ0) is 34.1. The lowest BCUT2D eigenvalue weighted by Crippen LogP contribution is -2.47. The van der Waals surface area contributed by atoms with Crippen molar-refractivity contribution in [2.75, 3.05) is 23.7 Å². The molecule has 2 atom stereocenters. The zero-order valence-electron chi connectivity index (χ0n) is 27.6. The fourth-order valence-corrected chi connectivity index (χ4v) is 6.27. The molecule has 1 aliphatic carbocycles. The van der Waals surface area contributed by atoms with Crippen LogP contribution in [-0.4, -0.2) is 62.5 Å². The number of carbonyl (C=O) groups excluding carboxylic acids is 2. The molecule has 1 saturated carbocycles. The third kappa shape index (κ3) is 7.32. The van der Waals surface area contributed by atoms with Crippen LogP contribution in [-0.2, 0) is 9.53 Å². The Morgan fingerprint density at radius 2 is 1.81 bits per heavy atom. The van der Waals surface area contributed by atoms with Gasteiger partial charge in [-0.1, -0.05) is 24.3 Å². The van der Waals surface area contributed by atoms with E-state index in [1.807, 2.05) is 52.0 Å². The molecule has 0 radical (unpaired) electrons. The summed E-state index contributed by atoms with van der Waals surface area (Å²) in [6.07, 6.45) is 4.81. The second kappa shape index (κ2) is 13.3. The van der Waals surface area contributed by atoms with E-state index in [-0.39, 0.29) is 25.0 Å². The largest absolute Gasteiger partial charge is 0.444 e. The maximum atomic E-state index is 14.3. The number of aryl methyl sites for hydroxylation is 1. The number of ether oxygens (including phenoxy) is 2. The van der Waals surface area contributed by atoms with E-state index in [9.17, 15) is 18.4 Å². The monoisotopic (exact) mass is 658 g/mol. The summed E-state index contributed by atoms with van der Waals surface area (Å²) in [6.45, 7) is 8.55. The van der Waals surface area contributed by atoms with Gasteiger partial charge in [-0.2, -0.15) is 0 Å². The fraction of sp³-hybridized carbons (Fsp3) is 0.417. The molecule has 2 N–H and O–H groups in total. The number of pyridine rings is 1. The van der Waals surface area contributed by atoms with Crippen molar-refractivity contribution in [1.29, 1.82) is 0 Å². The summed E-state index contributed by atoms with van der Waals surface area (Å²) in [4.78, 5) is 41.0. The number of carbonyl (C=O) groups is 2. The third-order valence-electron chi connectivity index (χ3n) is 8.60. The van der Waals surface area contributed by atoms with Crippen molar-refractivity contribution < 1.29 is 27.8 Å². The Bertz CT molecular complexity index is 1830. The molecule has 1 unspecified atom stereocenters. The van der Waals surface area contributed by atoms with Gasteiger partial charge in [0.15, 0.2) is 0 Å². The van der Waals surface area contributed by atoms with E-state index in [2.05, 4.69) is 20.6 Å². The summed E-state index contributed by atoms with van der Waals surface area (Å²) in [7, 11) is 0. The Morgan fingerprint density at radius 3 is 2.58 bits per heavy atom. The first-order valence-electron chi connectivity index (χ1n) is 16.3. The van der Waals surface area contributed by atoms with Crippen molar-refractivity contribution in [1.82, 2.24) is 19.9 Å². The molecule has 0 spiro atoms. The normalized spacial score (nSPS) is 19.2. The van der Waals surface area contributed by atoms with Crippen LogP contribution in [0.5, 0.6) is 11.6 Å². The van der Waals surface area contributed by atoms with Crippen LogP contribution in [0.4, 0.5) is 25.2 Å². The van der Waals surface area contributed by atoms with E-state index in [0.717, 1.165) is 18.4 Å². The molecule has 1 aliphatic heterocycles. The molecule has 0 bridgehead atoms. The number of nitrogens with zero attached hydrogens (tertiary/aromatic N) is 4. The summed E-state index contributed by atoms with van der Waals surface area (Å²) < 4.78 is 40.7. The molecule has 2 aliphatic rings. The van der Waals surface area contributed by atoms with Gasteiger partial charge in [-0.25, -0.2) is 28.5 Å². The predicted molar refractivity (Wildman–Crippen MR) is 179 cm³/mol. The number of anilines is 2. The van der Waals surface area contributed by atoms with Gasteiger partial charge in [0.25, 0.3) is 5.92 Å². The topological polar surface area (TPSA) is 119 Å². The van der Waals surface area contributed by atoms with Gasteiger partial charge < -0.3 is 25.0 Å². The minimum absolute atomic E-state index is 0.0564. The second-order valence-corrected chi connectivity index (χ2v) is 13.4. The van der Waals surface area contributed by atoms with Crippen LogP contribution in [0.25, 0.3) is 22.0 Å². The van der Waals surface area contributed by atoms with E-state index in [0.29, 0.717) is 64.8 Å². The first-order chi connectivity index (χ1) is 22.9. The number of fused-ring (bicyclic) bond motifs is 1. The second-order valence-electron chi connectivity index (χ2n) is 13.4. The van der Waals surface area contributed by atoms with Gasteiger partial charge in [0, 0.05) is 54.4 Å². The number of likely N-dealkylation sites (tertiary alicyclic amines) is 1. The number of hydrogen-bond acceptors (Lipinski definition) is 8. The maximum absolute atomic E-state index is 14.3. The Hall–Kier alpha value is -4.87. The van der Waals surface area contributed by atoms with Gasteiger partial charge in [0.1, 0.15) is 17.3 Å². The van der Waals surface area contributed by atoms with Crippen molar-refractivity contribution in [2.24, 2.45) is 5.92 Å². The number of hydrogen-bond donors (Lipinski definition) is 2. The number of piperidine rings is 1. The summed E-state index contributed by atoms with van der Waals surface area (Å²) in [5.74, 6) is -3.80. The van der Waals surface area contributed by atoms with E-state index < -0.39 is 23.3 Å². The van der Waals surface area contributed by atoms with Crippen LogP contribution < -0.4 is 15.4 Å². The molecule has 2 aromatic carbocycles. The zero-order valence-corrected chi connectivity index (χ0v) is 27.6. The van der Waals surface area contributed by atoms with E-state index in [1.54, 1.807) is 41.6 Å². The highest BCUT2D eigenvalue weighted by atomic mass is 19.3. The maximum Gasteiger partial charge on any atom is 0.410 e. The molecular formula is C36H40F2N6O4. The molecule has 2 amide bonds. The van der Waals surface area contributed by atoms with Gasteiger partial charge in [-0.3, -0.25) is 4.79 Å². The number of rotatable bonds is 7. The number of nitrogens with one attached hydrogen (secondary N) is 2. The minimum Gasteiger partial charge on any atom is -0.444 e. The molecule has 2 fully saturated rings. The van der Waals surface area contributed by atoms with Crippen LogP contribution in [0, 0.1) is 12.8 Å². The van der Waals surface area contributed by atoms with Crippen LogP contribution in [0.15, 0.2) is 60.9 Å². The summed E-state index contributed by atoms with van der Waals surface area (Å²) >= 11 is 0. The quantitative estimate of drug-likeness (QED) is 0.205.